The number of methoxy groups -OCH3 is 1. The molecule has 0 aliphatic heterocycles. The molecule has 0 saturated heterocycles. The third-order valence-corrected chi connectivity index (χ3v) is 3.35. The average molecular weight is 293 g/mol. The molecule has 0 spiro atoms. The first-order chi connectivity index (χ1) is 10.1. The normalized spacial score (nSPS) is 13.9. The molecule has 5 nitrogen and oxygen atoms in total. The number of benzene rings is 1. The molecule has 1 aromatic rings. The molecule has 0 radical (unpaired) electrons. The summed E-state index contributed by atoms with van der Waals surface area (Å²) in [6.07, 6.45) is 0. The summed E-state index contributed by atoms with van der Waals surface area (Å²) in [6.45, 7) is 7.52. The van der Waals surface area contributed by atoms with Gasteiger partial charge >= 0.3 is 0 Å². The van der Waals surface area contributed by atoms with Crippen LogP contribution in [0.15, 0.2) is 35.5 Å². The highest BCUT2D eigenvalue weighted by atomic mass is 16.5. The van der Waals surface area contributed by atoms with Gasteiger partial charge in [-0.05, 0) is 11.5 Å². The van der Waals surface area contributed by atoms with E-state index in [9.17, 15) is 0 Å². The topological polar surface area (TPSA) is 71.1 Å². The molecule has 0 heterocycles. The summed E-state index contributed by atoms with van der Waals surface area (Å²) < 4.78 is 5.18. The maximum absolute atomic E-state index is 9.06. The van der Waals surface area contributed by atoms with Crippen molar-refractivity contribution in [2.24, 2.45) is 16.8 Å². The number of rotatable bonds is 9. The van der Waals surface area contributed by atoms with Gasteiger partial charge in [-0.2, -0.15) is 0 Å². The van der Waals surface area contributed by atoms with Gasteiger partial charge in [0.25, 0.3) is 0 Å². The Morgan fingerprint density at radius 1 is 1.29 bits per heavy atom. The Hall–Kier alpha value is -1.59. The van der Waals surface area contributed by atoms with E-state index in [1.807, 2.05) is 30.3 Å². The molecular formula is C16H27N3O2. The van der Waals surface area contributed by atoms with Crippen LogP contribution in [0.1, 0.15) is 25.3 Å². The maximum atomic E-state index is 9.06. The van der Waals surface area contributed by atoms with E-state index < -0.39 is 0 Å². The minimum Gasteiger partial charge on any atom is -0.409 e. The molecule has 1 unspecified atom stereocenters. The van der Waals surface area contributed by atoms with Gasteiger partial charge in [-0.1, -0.05) is 49.3 Å². The summed E-state index contributed by atoms with van der Waals surface area (Å²) in [7, 11) is 1.70. The Kier molecular flexibility index (Phi) is 7.79. The first-order valence-electron chi connectivity index (χ1n) is 7.32. The van der Waals surface area contributed by atoms with Crippen LogP contribution in [0.4, 0.5) is 0 Å². The lowest BCUT2D eigenvalue weighted by Crippen LogP contribution is -2.38. The summed E-state index contributed by atoms with van der Waals surface area (Å²) in [6, 6.07) is 9.91. The molecule has 0 aromatic heterocycles. The third-order valence-electron chi connectivity index (χ3n) is 3.35. The minimum atomic E-state index is -0.119. The zero-order valence-corrected chi connectivity index (χ0v) is 13.2. The lowest BCUT2D eigenvalue weighted by molar-refractivity contribution is 0.139. The number of hydrogen-bond acceptors (Lipinski definition) is 4. The van der Waals surface area contributed by atoms with Gasteiger partial charge < -0.3 is 15.7 Å². The summed E-state index contributed by atoms with van der Waals surface area (Å²) >= 11 is 0. The van der Waals surface area contributed by atoms with Crippen LogP contribution in [0.2, 0.25) is 0 Å². The minimum absolute atomic E-state index is 0.119. The van der Waals surface area contributed by atoms with Crippen molar-refractivity contribution >= 4 is 5.84 Å². The highest BCUT2D eigenvalue weighted by Crippen LogP contribution is 2.18. The van der Waals surface area contributed by atoms with E-state index in [1.54, 1.807) is 7.11 Å². The van der Waals surface area contributed by atoms with Crippen molar-refractivity contribution < 1.29 is 9.94 Å². The Morgan fingerprint density at radius 2 is 1.95 bits per heavy atom. The Bertz CT molecular complexity index is 421. The van der Waals surface area contributed by atoms with Gasteiger partial charge in [-0.15, -0.1) is 0 Å². The highest BCUT2D eigenvalue weighted by Gasteiger charge is 2.20. The number of ether oxygens (including phenoxy) is 1. The summed E-state index contributed by atoms with van der Waals surface area (Å²) in [4.78, 5) is 2.30. The molecule has 0 aliphatic rings. The number of hydrogen-bond donors (Lipinski definition) is 2. The second kappa shape index (κ2) is 9.37. The summed E-state index contributed by atoms with van der Waals surface area (Å²) in [5.41, 5.74) is 6.95. The monoisotopic (exact) mass is 293 g/mol. The average Bonchev–Trinajstić information content (AvgIpc) is 2.49. The number of oxime groups is 1. The number of amidine groups is 1. The summed E-state index contributed by atoms with van der Waals surface area (Å²) in [5.74, 6) is 0.671. The SMILES string of the molecule is COCCN(CC(C)C)CC(C(N)=NO)c1ccccc1. The van der Waals surface area contributed by atoms with Gasteiger partial charge in [0.1, 0.15) is 5.84 Å². The predicted octanol–water partition coefficient (Wildman–Crippen LogP) is 2.12. The molecule has 0 bridgehead atoms. The smallest absolute Gasteiger partial charge is 0.147 e. The van der Waals surface area contributed by atoms with Crippen molar-refractivity contribution in [3.05, 3.63) is 35.9 Å². The Labute approximate surface area is 127 Å². The molecule has 0 amide bonds. The molecule has 0 aliphatic carbocycles. The van der Waals surface area contributed by atoms with Gasteiger partial charge in [-0.3, -0.25) is 4.90 Å². The van der Waals surface area contributed by atoms with Crippen LogP contribution in [0.25, 0.3) is 0 Å². The fraction of sp³-hybridized carbons (Fsp3) is 0.562. The molecule has 1 rings (SSSR count). The molecule has 1 aromatic carbocycles. The molecular weight excluding hydrogens is 266 g/mol. The van der Waals surface area contributed by atoms with Crippen LogP contribution in [-0.4, -0.2) is 49.3 Å². The van der Waals surface area contributed by atoms with E-state index in [0.717, 1.165) is 18.7 Å². The molecule has 21 heavy (non-hydrogen) atoms. The third kappa shape index (κ3) is 6.14. The molecule has 0 saturated carbocycles. The van der Waals surface area contributed by atoms with Crippen molar-refractivity contribution in [1.29, 1.82) is 0 Å². The Morgan fingerprint density at radius 3 is 2.48 bits per heavy atom. The molecule has 118 valence electrons. The van der Waals surface area contributed by atoms with Crippen molar-refractivity contribution in [3.8, 4) is 0 Å². The van der Waals surface area contributed by atoms with Crippen molar-refractivity contribution in [3.63, 3.8) is 0 Å². The van der Waals surface area contributed by atoms with E-state index in [2.05, 4.69) is 23.9 Å². The predicted molar refractivity (Wildman–Crippen MR) is 85.7 cm³/mol. The molecule has 1 atom stereocenters. The lowest BCUT2D eigenvalue weighted by atomic mass is 9.97. The quantitative estimate of drug-likeness (QED) is 0.317. The zero-order chi connectivity index (χ0) is 15.7. The van der Waals surface area contributed by atoms with Gasteiger partial charge in [0.15, 0.2) is 0 Å². The molecule has 0 fully saturated rings. The second-order valence-electron chi connectivity index (χ2n) is 5.63. The highest BCUT2D eigenvalue weighted by molar-refractivity contribution is 5.87. The first kappa shape index (κ1) is 17.5. The van der Waals surface area contributed by atoms with Crippen LogP contribution in [0.5, 0.6) is 0 Å². The lowest BCUT2D eigenvalue weighted by Gasteiger charge is -2.28. The first-order valence-corrected chi connectivity index (χ1v) is 7.32. The van der Waals surface area contributed by atoms with Crippen LogP contribution in [0, 0.1) is 5.92 Å². The fourth-order valence-electron chi connectivity index (χ4n) is 2.38. The van der Waals surface area contributed by atoms with Gasteiger partial charge in [0, 0.05) is 26.7 Å². The number of nitrogens with two attached hydrogens (primary N) is 1. The van der Waals surface area contributed by atoms with Crippen LogP contribution >= 0.6 is 0 Å². The standard InChI is InChI=1S/C16H27N3O2/c1-13(2)11-19(9-10-21-3)12-15(16(17)18-20)14-7-5-4-6-8-14/h4-8,13,15,20H,9-12H2,1-3H3,(H2,17,18). The van der Waals surface area contributed by atoms with Gasteiger partial charge in [0.2, 0.25) is 0 Å². The zero-order valence-electron chi connectivity index (χ0n) is 13.2. The number of nitrogens with zero attached hydrogens (tertiary/aromatic N) is 2. The van der Waals surface area contributed by atoms with Crippen LogP contribution in [0.3, 0.4) is 0 Å². The van der Waals surface area contributed by atoms with Crippen LogP contribution in [-0.2, 0) is 4.74 Å². The molecule has 5 heteroatoms. The van der Waals surface area contributed by atoms with Crippen LogP contribution < -0.4 is 5.73 Å². The largest absolute Gasteiger partial charge is 0.409 e. The van der Waals surface area contributed by atoms with Gasteiger partial charge in [0.05, 0.1) is 12.5 Å². The fourth-order valence-corrected chi connectivity index (χ4v) is 2.38. The van der Waals surface area contributed by atoms with E-state index in [0.29, 0.717) is 19.1 Å². The summed E-state index contributed by atoms with van der Waals surface area (Å²) in [5, 5.41) is 12.3. The second-order valence-corrected chi connectivity index (χ2v) is 5.63. The van der Waals surface area contributed by atoms with Crippen molar-refractivity contribution in [1.82, 2.24) is 4.90 Å². The van der Waals surface area contributed by atoms with E-state index in [-0.39, 0.29) is 11.8 Å². The molecule has 3 N–H and O–H groups in total. The van der Waals surface area contributed by atoms with Crippen molar-refractivity contribution in [2.45, 2.75) is 19.8 Å². The van der Waals surface area contributed by atoms with E-state index >= 15 is 0 Å². The van der Waals surface area contributed by atoms with Gasteiger partial charge in [-0.25, -0.2) is 0 Å². The van der Waals surface area contributed by atoms with E-state index in [1.165, 1.54) is 0 Å². The van der Waals surface area contributed by atoms with Crippen molar-refractivity contribution in [2.75, 3.05) is 33.4 Å². The maximum Gasteiger partial charge on any atom is 0.147 e. The van der Waals surface area contributed by atoms with E-state index in [4.69, 9.17) is 15.7 Å². The Balaban J connectivity index is 2.86.